The summed E-state index contributed by atoms with van der Waals surface area (Å²) in [5, 5.41) is 24.5. The highest BCUT2D eigenvalue weighted by atomic mass is 79.9. The number of hydrogen-bond acceptors (Lipinski definition) is 6. The van der Waals surface area contributed by atoms with Gasteiger partial charge in [0, 0.05) is 21.4 Å². The molecule has 0 spiro atoms. The zero-order valence-corrected chi connectivity index (χ0v) is 26.5. The number of imide groups is 1. The molecule has 226 valence electrons. The zero-order valence-electron chi connectivity index (χ0n) is 24.9. The summed E-state index contributed by atoms with van der Waals surface area (Å²) in [5.41, 5.74) is 6.40. The van der Waals surface area contributed by atoms with E-state index in [1.54, 1.807) is 12.1 Å². The van der Waals surface area contributed by atoms with E-state index in [9.17, 15) is 19.7 Å². The van der Waals surface area contributed by atoms with E-state index < -0.39 is 19.0 Å². The summed E-state index contributed by atoms with van der Waals surface area (Å²) in [7, 11) is -1.01. The molecule has 4 atom stereocenters. The minimum Gasteiger partial charge on any atom is -0.507 e. The molecule has 3 aromatic carbocycles. The van der Waals surface area contributed by atoms with Gasteiger partial charge in [-0.25, -0.2) is 0 Å². The maximum atomic E-state index is 14.0. The lowest BCUT2D eigenvalue weighted by atomic mass is 9.59. The summed E-state index contributed by atoms with van der Waals surface area (Å²) in [5.74, 6) is -1.39. The molecule has 0 radical (unpaired) electrons. The minimum absolute atomic E-state index is 0.176. The van der Waals surface area contributed by atoms with Crippen molar-refractivity contribution in [1.82, 2.24) is 0 Å². The fourth-order valence-corrected chi connectivity index (χ4v) is 7.46. The number of rotatable bonds is 8. The van der Waals surface area contributed by atoms with Gasteiger partial charge in [-0.05, 0) is 105 Å². The molecule has 2 heterocycles. The fourth-order valence-electron chi connectivity index (χ4n) is 7.08. The Morgan fingerprint density at radius 2 is 1.77 bits per heavy atom. The van der Waals surface area contributed by atoms with Crippen molar-refractivity contribution in [2.75, 3.05) is 10.2 Å². The topological polar surface area (TPSA) is 99.1 Å². The molecule has 6 rings (SSSR count). The second kappa shape index (κ2) is 12.8. The number of nitrogens with one attached hydrogen (secondary N) is 1. The lowest BCUT2D eigenvalue weighted by Gasteiger charge is -2.42. The van der Waals surface area contributed by atoms with Gasteiger partial charge in [-0.3, -0.25) is 14.5 Å². The molecule has 3 N–H and O–H groups in total. The first kappa shape index (κ1) is 30.4. The van der Waals surface area contributed by atoms with Gasteiger partial charge in [0.2, 0.25) is 11.8 Å². The third-order valence-corrected chi connectivity index (χ3v) is 9.66. The Balaban J connectivity index is 1.21. The van der Waals surface area contributed by atoms with Gasteiger partial charge in [0.25, 0.3) is 0 Å². The molecule has 9 heteroatoms. The Hall–Kier alpha value is -3.66. The number of nitrogens with zero attached hydrogens (tertiary/aromatic N) is 1. The highest BCUT2D eigenvalue weighted by Gasteiger charge is 2.57. The second-order valence-electron chi connectivity index (χ2n) is 11.9. The number of carbonyl (C=O) groups is 2. The number of para-hydroxylation sites is 1. The summed E-state index contributed by atoms with van der Waals surface area (Å²) in [6.45, 7) is 4.12. The zero-order chi connectivity index (χ0) is 31.0. The van der Waals surface area contributed by atoms with Gasteiger partial charge in [-0.2, -0.15) is 0 Å². The van der Waals surface area contributed by atoms with Crippen molar-refractivity contribution in [3.63, 3.8) is 0 Å². The largest absolute Gasteiger partial charge is 0.507 e. The predicted molar refractivity (Wildman–Crippen MR) is 177 cm³/mol. The third kappa shape index (κ3) is 6.01. The maximum Gasteiger partial charge on any atom is 0.455 e. The molecule has 0 unspecified atom stereocenters. The quantitative estimate of drug-likeness (QED) is 0.132. The summed E-state index contributed by atoms with van der Waals surface area (Å²) in [4.78, 5) is 29.1. The molecule has 0 saturated carbocycles. The molecule has 2 fully saturated rings. The van der Waals surface area contributed by atoms with Gasteiger partial charge in [0.05, 0.1) is 23.6 Å². The monoisotopic (exact) mass is 654 g/mol. The van der Waals surface area contributed by atoms with Crippen LogP contribution in [0.25, 0.3) is 6.08 Å². The van der Waals surface area contributed by atoms with Gasteiger partial charge in [0.1, 0.15) is 5.75 Å². The standard InChI is InChI=1S/C35H36BBrN2O5/c1-3-22(18-23-19-24(37)10-15-30(23)40)9-16-31-32-21(2)17-28-33(29(32)20-36(43)44-31)35(42)39(34(28)41)27-13-11-26(12-14-27)38-25-7-5-4-6-8-25/h4-8,10-15,18-19,28-29,31,33,38,40,43H,3,9,16-17,20H2,1-2H3/b22-18+/t28-,29+,31-,33-/m1/s1. The first-order chi connectivity index (χ1) is 21.2. The van der Waals surface area contributed by atoms with Crippen LogP contribution in [0.3, 0.4) is 0 Å². The Kier molecular flexibility index (Phi) is 8.81. The van der Waals surface area contributed by atoms with E-state index in [1.165, 1.54) is 4.90 Å². The van der Waals surface area contributed by atoms with Crippen LogP contribution in [0, 0.1) is 17.8 Å². The average Bonchev–Trinajstić information content (AvgIpc) is 3.26. The number of fused-ring (bicyclic) bond motifs is 3. The molecule has 2 aliphatic heterocycles. The lowest BCUT2D eigenvalue weighted by molar-refractivity contribution is -0.122. The third-order valence-electron chi connectivity index (χ3n) is 9.17. The van der Waals surface area contributed by atoms with Crippen LogP contribution in [-0.2, 0) is 14.2 Å². The Morgan fingerprint density at radius 1 is 1.05 bits per heavy atom. The van der Waals surface area contributed by atoms with Crippen molar-refractivity contribution in [3.05, 3.63) is 99.6 Å². The predicted octanol–water partition coefficient (Wildman–Crippen LogP) is 7.49. The van der Waals surface area contributed by atoms with E-state index in [1.807, 2.05) is 73.7 Å². The van der Waals surface area contributed by atoms with Crippen molar-refractivity contribution < 1.29 is 24.4 Å². The van der Waals surface area contributed by atoms with E-state index in [2.05, 4.69) is 28.2 Å². The molecule has 0 bridgehead atoms. The van der Waals surface area contributed by atoms with Crippen LogP contribution in [0.2, 0.25) is 6.32 Å². The molecule has 3 aliphatic rings. The van der Waals surface area contributed by atoms with Crippen LogP contribution < -0.4 is 10.2 Å². The number of benzene rings is 3. The molecule has 3 aromatic rings. The molecular formula is C35H36BBrN2O5. The lowest BCUT2D eigenvalue weighted by Crippen LogP contribution is -2.46. The smallest absolute Gasteiger partial charge is 0.455 e. The number of carbonyl (C=O) groups excluding carboxylic acids is 2. The van der Waals surface area contributed by atoms with Crippen LogP contribution in [0.5, 0.6) is 5.75 Å². The number of amides is 2. The van der Waals surface area contributed by atoms with Gasteiger partial charge >= 0.3 is 7.12 Å². The second-order valence-corrected chi connectivity index (χ2v) is 12.9. The van der Waals surface area contributed by atoms with E-state index in [0.29, 0.717) is 31.3 Å². The summed E-state index contributed by atoms with van der Waals surface area (Å²) < 4.78 is 6.98. The highest BCUT2D eigenvalue weighted by Crippen LogP contribution is 2.51. The molecule has 0 aromatic heterocycles. The average molecular weight is 655 g/mol. The number of aromatic hydroxyl groups is 1. The first-order valence-corrected chi connectivity index (χ1v) is 16.0. The van der Waals surface area contributed by atoms with Crippen LogP contribution >= 0.6 is 15.9 Å². The summed E-state index contributed by atoms with van der Waals surface area (Å²) in [6.07, 6.45) is 4.59. The number of phenolic OH excluding ortho intramolecular Hbond substituents is 1. The van der Waals surface area contributed by atoms with Crippen molar-refractivity contribution in [3.8, 4) is 5.75 Å². The molecule has 44 heavy (non-hydrogen) atoms. The van der Waals surface area contributed by atoms with Gasteiger partial charge < -0.3 is 20.1 Å². The number of hydrogen-bond donors (Lipinski definition) is 3. The maximum absolute atomic E-state index is 14.0. The van der Waals surface area contributed by atoms with Crippen LogP contribution in [-0.4, -0.2) is 35.2 Å². The summed E-state index contributed by atoms with van der Waals surface area (Å²) in [6, 6.07) is 22.5. The SMILES string of the molecule is CC/C(=C\c1cc(Br)ccc1O)CC[C@H]1OB(O)C[C@H]2C1=C(C)C[C@H]1C(=O)N(c3ccc(Nc4ccccc4)cc3)C(=O)[C@H]12. The van der Waals surface area contributed by atoms with Gasteiger partial charge in [0.15, 0.2) is 0 Å². The molecule has 1 aliphatic carbocycles. The Bertz CT molecular complexity index is 1620. The van der Waals surface area contributed by atoms with Crippen molar-refractivity contribution in [2.24, 2.45) is 17.8 Å². The van der Waals surface area contributed by atoms with Crippen molar-refractivity contribution in [1.29, 1.82) is 0 Å². The minimum atomic E-state index is -1.01. The highest BCUT2D eigenvalue weighted by molar-refractivity contribution is 9.10. The van der Waals surface area contributed by atoms with E-state index in [4.69, 9.17) is 4.65 Å². The summed E-state index contributed by atoms with van der Waals surface area (Å²) >= 11 is 3.47. The number of anilines is 3. The molecular weight excluding hydrogens is 619 g/mol. The van der Waals surface area contributed by atoms with E-state index in [-0.39, 0.29) is 29.6 Å². The molecule has 7 nitrogen and oxygen atoms in total. The normalized spacial score (nSPS) is 23.6. The van der Waals surface area contributed by atoms with Crippen LogP contribution in [0.4, 0.5) is 17.1 Å². The molecule has 2 amide bonds. The van der Waals surface area contributed by atoms with Crippen molar-refractivity contribution >= 4 is 58.0 Å². The van der Waals surface area contributed by atoms with E-state index in [0.717, 1.165) is 44.6 Å². The number of phenols is 1. The Labute approximate surface area is 266 Å². The van der Waals surface area contributed by atoms with Crippen LogP contribution in [0.1, 0.15) is 45.1 Å². The number of allylic oxidation sites excluding steroid dienone is 2. The van der Waals surface area contributed by atoms with Gasteiger partial charge in [-0.1, -0.05) is 58.3 Å². The first-order valence-electron chi connectivity index (χ1n) is 15.2. The Morgan fingerprint density at radius 3 is 2.50 bits per heavy atom. The van der Waals surface area contributed by atoms with E-state index >= 15 is 0 Å². The molecule has 2 saturated heterocycles. The fraction of sp³-hybridized carbons (Fsp3) is 0.314. The van der Waals surface area contributed by atoms with Crippen LogP contribution in [0.15, 0.2) is 94.0 Å². The number of halogens is 1. The van der Waals surface area contributed by atoms with Gasteiger partial charge in [-0.15, -0.1) is 0 Å². The van der Waals surface area contributed by atoms with Crippen molar-refractivity contribution in [2.45, 2.75) is 52.0 Å².